The molecule has 1 unspecified atom stereocenters. The van der Waals surface area contributed by atoms with Gasteiger partial charge in [-0.3, -0.25) is 0 Å². The van der Waals surface area contributed by atoms with Gasteiger partial charge in [0.2, 0.25) is 0 Å². The summed E-state index contributed by atoms with van der Waals surface area (Å²) in [6, 6.07) is 2.01. The van der Waals surface area contributed by atoms with E-state index in [4.69, 9.17) is 10.00 Å². The average molecular weight is 226 g/mol. The molecule has 0 aromatic heterocycles. The Balaban J connectivity index is 2.52. The fourth-order valence-electron chi connectivity index (χ4n) is 1.65. The molecule has 2 atom stereocenters. The standard InChI is InChI=1S/C11H18N2O3/c1-11(2,3)16-10(15)13-6-8(4-5-12)9(14)7-13/h8-9,14H,4,6-7H2,1-3H3/t8?,9-/m0/s1. The van der Waals surface area contributed by atoms with Crippen LogP contribution in [0.3, 0.4) is 0 Å². The molecule has 0 aromatic carbocycles. The molecular formula is C11H18N2O3. The van der Waals surface area contributed by atoms with Crippen LogP contribution < -0.4 is 0 Å². The lowest BCUT2D eigenvalue weighted by atomic mass is 10.0. The number of rotatable bonds is 1. The molecule has 1 N–H and O–H groups in total. The number of aliphatic hydroxyl groups excluding tert-OH is 1. The molecule has 5 nitrogen and oxygen atoms in total. The normalized spacial score (nSPS) is 25.3. The van der Waals surface area contributed by atoms with Gasteiger partial charge in [0, 0.05) is 18.9 Å². The Labute approximate surface area is 95.6 Å². The summed E-state index contributed by atoms with van der Waals surface area (Å²) in [6.07, 6.45) is -0.778. The van der Waals surface area contributed by atoms with E-state index in [1.54, 1.807) is 20.8 Å². The van der Waals surface area contributed by atoms with Crippen LogP contribution in [-0.4, -0.2) is 40.9 Å². The number of likely N-dealkylation sites (tertiary alicyclic amines) is 1. The van der Waals surface area contributed by atoms with Crippen molar-refractivity contribution in [2.75, 3.05) is 13.1 Å². The first-order chi connectivity index (χ1) is 7.33. The molecule has 1 fully saturated rings. The minimum Gasteiger partial charge on any atom is -0.444 e. The summed E-state index contributed by atoms with van der Waals surface area (Å²) in [6.45, 7) is 6.03. The molecule has 0 saturated carbocycles. The highest BCUT2D eigenvalue weighted by molar-refractivity contribution is 5.68. The van der Waals surface area contributed by atoms with E-state index < -0.39 is 17.8 Å². The zero-order valence-electron chi connectivity index (χ0n) is 9.93. The van der Waals surface area contributed by atoms with Crippen LogP contribution in [0.1, 0.15) is 27.2 Å². The summed E-state index contributed by atoms with van der Waals surface area (Å²) in [5, 5.41) is 18.2. The lowest BCUT2D eigenvalue weighted by molar-refractivity contribution is 0.0270. The predicted octanol–water partition coefficient (Wildman–Crippen LogP) is 1.13. The van der Waals surface area contributed by atoms with Gasteiger partial charge in [-0.1, -0.05) is 0 Å². The molecule has 0 radical (unpaired) electrons. The molecule has 1 heterocycles. The Kier molecular flexibility index (Phi) is 3.76. The van der Waals surface area contributed by atoms with E-state index in [0.29, 0.717) is 6.54 Å². The molecule has 0 aromatic rings. The van der Waals surface area contributed by atoms with E-state index in [-0.39, 0.29) is 18.9 Å². The van der Waals surface area contributed by atoms with Crippen molar-refractivity contribution in [1.29, 1.82) is 5.26 Å². The second-order valence-electron chi connectivity index (χ2n) is 5.07. The zero-order chi connectivity index (χ0) is 12.3. The molecule has 1 rings (SSSR count). The van der Waals surface area contributed by atoms with Gasteiger partial charge >= 0.3 is 6.09 Å². The van der Waals surface area contributed by atoms with Gasteiger partial charge in [0.05, 0.1) is 18.7 Å². The van der Waals surface area contributed by atoms with Crippen LogP contribution in [-0.2, 0) is 4.74 Å². The topological polar surface area (TPSA) is 73.6 Å². The van der Waals surface area contributed by atoms with E-state index in [2.05, 4.69) is 0 Å². The molecule has 1 amide bonds. The van der Waals surface area contributed by atoms with Crippen molar-refractivity contribution >= 4 is 6.09 Å². The number of hydrogen-bond acceptors (Lipinski definition) is 4. The molecule has 0 aliphatic carbocycles. The van der Waals surface area contributed by atoms with Gasteiger partial charge in [0.1, 0.15) is 5.60 Å². The van der Waals surface area contributed by atoms with E-state index in [1.807, 2.05) is 6.07 Å². The van der Waals surface area contributed by atoms with Crippen molar-refractivity contribution in [3.05, 3.63) is 0 Å². The van der Waals surface area contributed by atoms with Gasteiger partial charge < -0.3 is 14.7 Å². The molecule has 0 bridgehead atoms. The van der Waals surface area contributed by atoms with Crippen LogP contribution in [0.4, 0.5) is 4.79 Å². The summed E-state index contributed by atoms with van der Waals surface area (Å²) >= 11 is 0. The minimum atomic E-state index is -0.618. The van der Waals surface area contributed by atoms with Gasteiger partial charge in [0.15, 0.2) is 0 Å². The van der Waals surface area contributed by atoms with Crippen molar-refractivity contribution in [3.63, 3.8) is 0 Å². The van der Waals surface area contributed by atoms with Crippen LogP contribution in [0.5, 0.6) is 0 Å². The quantitative estimate of drug-likeness (QED) is 0.727. The SMILES string of the molecule is CC(C)(C)OC(=O)N1CC(CC#N)[C@@H](O)C1. The highest BCUT2D eigenvalue weighted by atomic mass is 16.6. The molecule has 1 aliphatic heterocycles. The van der Waals surface area contributed by atoms with Crippen molar-refractivity contribution in [2.45, 2.75) is 38.9 Å². The minimum absolute atomic E-state index is 0.155. The summed E-state index contributed by atoms with van der Waals surface area (Å²) in [5.74, 6) is -0.155. The number of carbonyl (C=O) groups is 1. The van der Waals surface area contributed by atoms with Gasteiger partial charge in [-0.2, -0.15) is 5.26 Å². The maximum Gasteiger partial charge on any atom is 0.410 e. The number of amides is 1. The number of carbonyl (C=O) groups excluding carboxylic acids is 1. The van der Waals surface area contributed by atoms with Crippen molar-refractivity contribution in [3.8, 4) is 6.07 Å². The third-order valence-corrected chi connectivity index (χ3v) is 2.41. The Bertz CT molecular complexity index is 303. The highest BCUT2D eigenvalue weighted by Crippen LogP contribution is 2.22. The summed E-state index contributed by atoms with van der Waals surface area (Å²) in [4.78, 5) is 13.1. The number of β-amino-alcohol motifs (C(OH)–C–C–N with tert-alkyl or cyclic N) is 1. The van der Waals surface area contributed by atoms with Crippen LogP contribution in [0, 0.1) is 17.2 Å². The van der Waals surface area contributed by atoms with E-state index in [1.165, 1.54) is 4.90 Å². The Morgan fingerprint density at radius 2 is 2.19 bits per heavy atom. The van der Waals surface area contributed by atoms with Gasteiger partial charge in [0.25, 0.3) is 0 Å². The first kappa shape index (κ1) is 12.8. The van der Waals surface area contributed by atoms with Crippen molar-refractivity contribution in [1.82, 2.24) is 4.90 Å². The first-order valence-corrected chi connectivity index (χ1v) is 5.36. The molecule has 1 aliphatic rings. The summed E-state index contributed by atoms with van der Waals surface area (Å²) in [7, 11) is 0. The first-order valence-electron chi connectivity index (χ1n) is 5.36. The summed E-state index contributed by atoms with van der Waals surface area (Å²) < 4.78 is 5.19. The largest absolute Gasteiger partial charge is 0.444 e. The number of aliphatic hydroxyl groups is 1. The van der Waals surface area contributed by atoms with Crippen LogP contribution in [0.25, 0.3) is 0 Å². The molecular weight excluding hydrogens is 208 g/mol. The number of ether oxygens (including phenoxy) is 1. The molecule has 16 heavy (non-hydrogen) atoms. The van der Waals surface area contributed by atoms with E-state index in [0.717, 1.165) is 0 Å². The highest BCUT2D eigenvalue weighted by Gasteiger charge is 2.35. The van der Waals surface area contributed by atoms with Crippen molar-refractivity contribution in [2.24, 2.45) is 5.92 Å². The summed E-state index contributed by atoms with van der Waals surface area (Å²) in [5.41, 5.74) is -0.532. The Hall–Kier alpha value is -1.28. The Morgan fingerprint density at radius 1 is 1.56 bits per heavy atom. The monoisotopic (exact) mass is 226 g/mol. The molecule has 90 valence electrons. The van der Waals surface area contributed by atoms with Crippen molar-refractivity contribution < 1.29 is 14.6 Å². The molecule has 5 heteroatoms. The third-order valence-electron chi connectivity index (χ3n) is 2.41. The molecule has 1 saturated heterocycles. The van der Waals surface area contributed by atoms with Gasteiger partial charge in [-0.25, -0.2) is 4.79 Å². The Morgan fingerprint density at radius 3 is 2.69 bits per heavy atom. The second kappa shape index (κ2) is 4.71. The lowest BCUT2D eigenvalue weighted by Gasteiger charge is -2.24. The number of nitriles is 1. The van der Waals surface area contributed by atoms with Gasteiger partial charge in [-0.15, -0.1) is 0 Å². The van der Waals surface area contributed by atoms with E-state index in [9.17, 15) is 9.90 Å². The predicted molar refractivity (Wildman–Crippen MR) is 57.5 cm³/mol. The fourth-order valence-corrected chi connectivity index (χ4v) is 1.65. The number of nitrogens with zero attached hydrogens (tertiary/aromatic N) is 2. The third kappa shape index (κ3) is 3.38. The number of hydrogen-bond donors (Lipinski definition) is 1. The van der Waals surface area contributed by atoms with Crippen LogP contribution in [0.15, 0.2) is 0 Å². The molecule has 0 spiro atoms. The smallest absolute Gasteiger partial charge is 0.410 e. The maximum absolute atomic E-state index is 11.7. The fraction of sp³-hybridized carbons (Fsp3) is 0.818. The lowest BCUT2D eigenvalue weighted by Crippen LogP contribution is -2.35. The van der Waals surface area contributed by atoms with Crippen LogP contribution in [0.2, 0.25) is 0 Å². The maximum atomic E-state index is 11.7. The van der Waals surface area contributed by atoms with Gasteiger partial charge in [-0.05, 0) is 20.8 Å². The zero-order valence-corrected chi connectivity index (χ0v) is 9.93. The van der Waals surface area contributed by atoms with E-state index >= 15 is 0 Å². The van der Waals surface area contributed by atoms with Crippen LogP contribution >= 0.6 is 0 Å². The average Bonchev–Trinajstić information content (AvgIpc) is 2.46. The second-order valence-corrected chi connectivity index (χ2v) is 5.07.